The monoisotopic (exact) mass is 700 g/mol. The molecule has 3 aromatic rings. The standard InChI is InChI=1S/C41H48O4S3/c1-37(2,3)23-13-22-20-41-21-26(40(10,11)12)19-32(36(41)44)48-30-17-25(39(7,8)9)15-28(34(30)43)46-27-14-24(38(4,5)6)16-29(33(27)42)47-31(18-23)35(22)45-41/h13-19,21,42-43H,20H2,1-12H3. The van der Waals surface area contributed by atoms with Crippen LogP contribution in [0.2, 0.25) is 0 Å². The van der Waals surface area contributed by atoms with E-state index >= 15 is 0 Å². The highest BCUT2D eigenvalue weighted by molar-refractivity contribution is 8.04. The molecule has 1 unspecified atom stereocenters. The lowest BCUT2D eigenvalue weighted by Crippen LogP contribution is -2.44. The van der Waals surface area contributed by atoms with Crippen molar-refractivity contribution in [3.05, 3.63) is 81.3 Å². The Kier molecular flexibility index (Phi) is 8.33. The highest BCUT2D eigenvalue weighted by atomic mass is 32.2. The number of benzene rings is 3. The number of rotatable bonds is 0. The van der Waals surface area contributed by atoms with Gasteiger partial charge in [-0.2, -0.15) is 0 Å². The molecule has 0 amide bonds. The lowest BCUT2D eigenvalue weighted by molar-refractivity contribution is -0.125. The van der Waals surface area contributed by atoms with Crippen LogP contribution in [0.3, 0.4) is 0 Å². The van der Waals surface area contributed by atoms with Gasteiger partial charge in [0.25, 0.3) is 0 Å². The molecule has 1 spiro atoms. The molecule has 7 bridgehead atoms. The zero-order valence-electron chi connectivity index (χ0n) is 30.3. The Labute approximate surface area is 299 Å². The number of ketones is 1. The second-order valence-corrected chi connectivity index (χ2v) is 20.8. The molecule has 0 aromatic heterocycles. The number of carbonyl (C=O) groups is 1. The van der Waals surface area contributed by atoms with Crippen molar-refractivity contribution in [3.63, 3.8) is 0 Å². The van der Waals surface area contributed by atoms with Crippen molar-refractivity contribution >= 4 is 41.1 Å². The summed E-state index contributed by atoms with van der Waals surface area (Å²) in [7, 11) is 0. The molecule has 7 heteroatoms. The van der Waals surface area contributed by atoms with E-state index in [0.29, 0.717) is 36.7 Å². The quantitative estimate of drug-likeness (QED) is 0.242. The van der Waals surface area contributed by atoms with Crippen LogP contribution < -0.4 is 4.74 Å². The Morgan fingerprint density at radius 1 is 0.604 bits per heavy atom. The molecule has 3 aliphatic rings. The third-order valence-electron chi connectivity index (χ3n) is 9.36. The van der Waals surface area contributed by atoms with Gasteiger partial charge in [0.1, 0.15) is 17.2 Å². The fourth-order valence-corrected chi connectivity index (χ4v) is 9.42. The first kappa shape index (κ1) is 35.1. The first-order valence-corrected chi connectivity index (χ1v) is 19.1. The fraction of sp³-hybridized carbons (Fsp3) is 0.439. The van der Waals surface area contributed by atoms with Crippen molar-refractivity contribution in [1.29, 1.82) is 0 Å². The molecule has 254 valence electrons. The molecule has 2 N–H and O–H groups in total. The average Bonchev–Trinajstić information content (AvgIpc) is 3.31. The molecule has 4 nitrogen and oxygen atoms in total. The highest BCUT2D eigenvalue weighted by Gasteiger charge is 2.50. The van der Waals surface area contributed by atoms with E-state index in [1.807, 2.05) is 30.4 Å². The third-order valence-corrected chi connectivity index (χ3v) is 12.5. The van der Waals surface area contributed by atoms with Crippen LogP contribution in [0.5, 0.6) is 17.2 Å². The molecule has 1 aliphatic carbocycles. The number of hydrogen-bond donors (Lipinski definition) is 2. The maximum atomic E-state index is 14.8. The molecule has 6 rings (SSSR count). The van der Waals surface area contributed by atoms with Crippen molar-refractivity contribution in [2.45, 2.75) is 136 Å². The largest absolute Gasteiger partial charge is 0.506 e. The van der Waals surface area contributed by atoms with Gasteiger partial charge in [0, 0.05) is 12.0 Å². The molecule has 2 heterocycles. The molecule has 1 atom stereocenters. The van der Waals surface area contributed by atoms with Crippen LogP contribution >= 0.6 is 35.3 Å². The van der Waals surface area contributed by atoms with Gasteiger partial charge < -0.3 is 14.9 Å². The lowest BCUT2D eigenvalue weighted by atomic mass is 9.77. The second kappa shape index (κ2) is 11.4. The number of phenols is 2. The van der Waals surface area contributed by atoms with Crippen molar-refractivity contribution in [2.24, 2.45) is 5.41 Å². The summed E-state index contributed by atoms with van der Waals surface area (Å²) in [6, 6.07) is 12.5. The van der Waals surface area contributed by atoms with Crippen LogP contribution in [0.25, 0.3) is 0 Å². The van der Waals surface area contributed by atoms with Gasteiger partial charge in [0.05, 0.1) is 29.4 Å². The van der Waals surface area contributed by atoms with E-state index in [2.05, 4.69) is 101 Å². The molecule has 0 radical (unpaired) electrons. The normalized spacial score (nSPS) is 19.6. The maximum Gasteiger partial charge on any atom is 0.217 e. The van der Waals surface area contributed by atoms with E-state index in [9.17, 15) is 15.0 Å². The number of ether oxygens (including phenoxy) is 1. The molecule has 0 saturated heterocycles. The average molecular weight is 701 g/mol. The summed E-state index contributed by atoms with van der Waals surface area (Å²) in [5, 5.41) is 23.9. The number of allylic oxidation sites excluding steroid dienone is 2. The van der Waals surface area contributed by atoms with Gasteiger partial charge in [-0.05, 0) is 86.4 Å². The van der Waals surface area contributed by atoms with Crippen LogP contribution in [0.15, 0.2) is 83.5 Å². The molecular weight excluding hydrogens is 653 g/mol. The van der Waals surface area contributed by atoms with E-state index < -0.39 is 5.60 Å². The maximum absolute atomic E-state index is 14.8. The number of thioether (sulfide) groups is 1. The summed E-state index contributed by atoms with van der Waals surface area (Å²) in [6.07, 6.45) is 4.43. The Balaban J connectivity index is 1.69. The molecule has 3 aromatic carbocycles. The number of Topliss-reactive ketones (excluding diaryl/α,β-unsaturated/α-hetero) is 1. The summed E-state index contributed by atoms with van der Waals surface area (Å²) >= 11 is 4.16. The van der Waals surface area contributed by atoms with Crippen LogP contribution in [0, 0.1) is 5.41 Å². The van der Waals surface area contributed by atoms with Gasteiger partial charge >= 0.3 is 0 Å². The van der Waals surface area contributed by atoms with E-state index in [4.69, 9.17) is 4.74 Å². The van der Waals surface area contributed by atoms with E-state index in [1.165, 1.54) is 35.3 Å². The summed E-state index contributed by atoms with van der Waals surface area (Å²) in [4.78, 5) is 18.8. The number of carbonyl (C=O) groups excluding carboxylic acids is 1. The molecular formula is C41H48O4S3. The van der Waals surface area contributed by atoms with Gasteiger partial charge in [0.2, 0.25) is 5.78 Å². The number of aromatic hydroxyl groups is 2. The van der Waals surface area contributed by atoms with Gasteiger partial charge in [0.15, 0.2) is 5.60 Å². The second-order valence-electron chi connectivity index (χ2n) is 17.5. The molecule has 0 saturated carbocycles. The zero-order valence-corrected chi connectivity index (χ0v) is 32.7. The van der Waals surface area contributed by atoms with E-state index in [0.717, 1.165) is 32.7 Å². The number of fused-ring (bicyclic) bond motifs is 5. The first-order chi connectivity index (χ1) is 22.0. The minimum Gasteiger partial charge on any atom is -0.506 e. The Hall–Kier alpha value is -2.74. The molecule has 2 aliphatic heterocycles. The van der Waals surface area contributed by atoms with Crippen molar-refractivity contribution in [2.75, 3.05) is 0 Å². The summed E-state index contributed by atoms with van der Waals surface area (Å²) in [5.41, 5.74) is 3.22. The summed E-state index contributed by atoms with van der Waals surface area (Å²) in [6.45, 7) is 26.0. The van der Waals surface area contributed by atoms with Crippen molar-refractivity contribution < 1.29 is 19.7 Å². The minimum absolute atomic E-state index is 0.101. The molecule has 48 heavy (non-hydrogen) atoms. The smallest absolute Gasteiger partial charge is 0.217 e. The topological polar surface area (TPSA) is 66.8 Å². The van der Waals surface area contributed by atoms with E-state index in [1.54, 1.807) is 0 Å². The predicted molar refractivity (Wildman–Crippen MR) is 201 cm³/mol. The van der Waals surface area contributed by atoms with Crippen LogP contribution in [-0.4, -0.2) is 21.6 Å². The predicted octanol–water partition coefficient (Wildman–Crippen LogP) is 11.5. The van der Waals surface area contributed by atoms with Crippen LogP contribution in [0.4, 0.5) is 0 Å². The van der Waals surface area contributed by atoms with E-state index in [-0.39, 0.29) is 38.9 Å². The minimum atomic E-state index is -1.22. The van der Waals surface area contributed by atoms with Gasteiger partial charge in [-0.3, -0.25) is 4.79 Å². The SMILES string of the molecule is CC(C)(C)C1=CC23Cc4cc(C(C)(C)C)cc(c4O2)Sc2cc(C(C)(C)C)cc(c2O)Sc2cc(C(C)(C)C)cc(c2O)SC(=C1)C3=O. The zero-order chi connectivity index (χ0) is 35.4. The van der Waals surface area contributed by atoms with Crippen molar-refractivity contribution in [1.82, 2.24) is 0 Å². The van der Waals surface area contributed by atoms with Gasteiger partial charge in [-0.25, -0.2) is 0 Å². The van der Waals surface area contributed by atoms with Crippen LogP contribution in [0.1, 0.15) is 105 Å². The Morgan fingerprint density at radius 2 is 1.02 bits per heavy atom. The third kappa shape index (κ3) is 6.35. The lowest BCUT2D eigenvalue weighted by Gasteiger charge is -2.33. The van der Waals surface area contributed by atoms with Crippen molar-refractivity contribution in [3.8, 4) is 17.2 Å². The van der Waals surface area contributed by atoms with Gasteiger partial charge in [-0.15, -0.1) is 0 Å². The number of hydrogen-bond acceptors (Lipinski definition) is 7. The summed E-state index contributed by atoms with van der Waals surface area (Å²) in [5.74, 6) is 0.856. The highest BCUT2D eigenvalue weighted by Crippen LogP contribution is 2.56. The Bertz CT molecular complexity index is 1920. The Morgan fingerprint density at radius 3 is 1.48 bits per heavy atom. The van der Waals surface area contributed by atoms with Gasteiger partial charge in [-0.1, -0.05) is 124 Å². The summed E-state index contributed by atoms with van der Waals surface area (Å²) < 4.78 is 6.95. The number of phenolic OH excluding ortho intramolecular Hbond substituents is 2. The fourth-order valence-electron chi connectivity index (χ4n) is 6.10. The molecule has 0 fully saturated rings. The van der Waals surface area contributed by atoms with Crippen LogP contribution in [-0.2, 0) is 27.5 Å². The first-order valence-electron chi connectivity index (χ1n) is 16.6.